The number of nitrogens with one attached hydrogen (secondary N) is 2. The third-order valence-electron chi connectivity index (χ3n) is 4.17. The molecule has 1 aliphatic carbocycles. The molecule has 0 atom stereocenters. The molecule has 0 aliphatic heterocycles. The highest BCUT2D eigenvalue weighted by Crippen LogP contribution is 2.27. The first-order chi connectivity index (χ1) is 11.2. The zero-order valence-electron chi connectivity index (χ0n) is 12.9. The van der Waals surface area contributed by atoms with E-state index in [1.165, 1.54) is 6.07 Å². The Bertz CT molecular complexity index is 668. The summed E-state index contributed by atoms with van der Waals surface area (Å²) in [4.78, 5) is 16.1. The zero-order chi connectivity index (χ0) is 16.1. The molecule has 3 rings (SSSR count). The van der Waals surface area contributed by atoms with Crippen molar-refractivity contribution in [3.8, 4) is 0 Å². The van der Waals surface area contributed by atoms with Crippen molar-refractivity contribution < 1.29 is 9.18 Å². The van der Waals surface area contributed by atoms with E-state index < -0.39 is 0 Å². The molecule has 120 valence electrons. The third-order valence-corrected chi connectivity index (χ3v) is 4.17. The van der Waals surface area contributed by atoms with Crippen LogP contribution in [0.25, 0.3) is 0 Å². The van der Waals surface area contributed by atoms with Gasteiger partial charge in [-0.15, -0.1) is 0 Å². The minimum Gasteiger partial charge on any atom is -0.370 e. The smallest absolute Gasteiger partial charge is 0.227 e. The van der Waals surface area contributed by atoms with Gasteiger partial charge in [0, 0.05) is 12.5 Å². The summed E-state index contributed by atoms with van der Waals surface area (Å²) in [6.07, 6.45) is 5.33. The number of hydrogen-bond acceptors (Lipinski definition) is 3. The van der Waals surface area contributed by atoms with Gasteiger partial charge in [-0.25, -0.2) is 9.37 Å². The fourth-order valence-corrected chi connectivity index (χ4v) is 2.51. The molecule has 2 aromatic rings. The van der Waals surface area contributed by atoms with Crippen LogP contribution < -0.4 is 10.6 Å². The maximum atomic E-state index is 13.5. The van der Waals surface area contributed by atoms with E-state index in [-0.39, 0.29) is 17.6 Å². The van der Waals surface area contributed by atoms with Gasteiger partial charge in [0.1, 0.15) is 11.6 Å². The van der Waals surface area contributed by atoms with Crippen LogP contribution in [0, 0.1) is 11.7 Å². The van der Waals surface area contributed by atoms with E-state index in [0.29, 0.717) is 30.0 Å². The number of rotatable bonds is 6. The molecule has 0 bridgehead atoms. The fourth-order valence-electron chi connectivity index (χ4n) is 2.51. The predicted molar refractivity (Wildman–Crippen MR) is 88.8 cm³/mol. The summed E-state index contributed by atoms with van der Waals surface area (Å²) in [5.41, 5.74) is 1.39. The molecule has 0 radical (unpaired) electrons. The first-order valence-corrected chi connectivity index (χ1v) is 7.96. The Morgan fingerprint density at radius 2 is 2.04 bits per heavy atom. The molecule has 5 heteroatoms. The number of nitrogens with zero attached hydrogens (tertiary/aromatic N) is 1. The van der Waals surface area contributed by atoms with Crippen molar-refractivity contribution in [1.29, 1.82) is 0 Å². The van der Waals surface area contributed by atoms with Crippen LogP contribution in [0.1, 0.15) is 24.8 Å². The molecule has 1 saturated carbocycles. The van der Waals surface area contributed by atoms with Gasteiger partial charge in [0.05, 0.1) is 11.9 Å². The highest BCUT2D eigenvalue weighted by atomic mass is 19.1. The molecule has 23 heavy (non-hydrogen) atoms. The molecule has 0 saturated heterocycles. The van der Waals surface area contributed by atoms with Crippen molar-refractivity contribution in [3.05, 3.63) is 54.0 Å². The summed E-state index contributed by atoms with van der Waals surface area (Å²) in [7, 11) is 0. The lowest BCUT2D eigenvalue weighted by Crippen LogP contribution is -2.28. The quantitative estimate of drug-likeness (QED) is 0.856. The highest BCUT2D eigenvalue weighted by molar-refractivity contribution is 5.92. The molecule has 1 fully saturated rings. The molecule has 1 aromatic heterocycles. The molecule has 1 aliphatic rings. The largest absolute Gasteiger partial charge is 0.370 e. The van der Waals surface area contributed by atoms with Crippen LogP contribution in [0.4, 0.5) is 15.9 Å². The van der Waals surface area contributed by atoms with Gasteiger partial charge in [0.15, 0.2) is 0 Å². The number of benzene rings is 1. The van der Waals surface area contributed by atoms with Crippen molar-refractivity contribution in [1.82, 2.24) is 4.98 Å². The summed E-state index contributed by atoms with van der Waals surface area (Å²) < 4.78 is 13.5. The number of carbonyl (C=O) groups is 1. The van der Waals surface area contributed by atoms with Gasteiger partial charge in [0.2, 0.25) is 5.91 Å². The Labute approximate surface area is 135 Å². The maximum absolute atomic E-state index is 13.5. The van der Waals surface area contributed by atoms with Crippen LogP contribution >= 0.6 is 0 Å². The second-order valence-electron chi connectivity index (χ2n) is 5.82. The highest BCUT2D eigenvalue weighted by Gasteiger charge is 2.25. The molecule has 0 spiro atoms. The van der Waals surface area contributed by atoms with E-state index in [2.05, 4.69) is 15.6 Å². The molecular formula is C18H20FN3O. The molecule has 4 nitrogen and oxygen atoms in total. The van der Waals surface area contributed by atoms with E-state index in [4.69, 9.17) is 0 Å². The summed E-state index contributed by atoms with van der Waals surface area (Å²) in [6.45, 7) is 0.599. The minimum atomic E-state index is -0.184. The lowest BCUT2D eigenvalue weighted by Gasteiger charge is -2.23. The minimum absolute atomic E-state index is 0.0818. The second-order valence-corrected chi connectivity index (χ2v) is 5.82. The first kappa shape index (κ1) is 15.5. The van der Waals surface area contributed by atoms with Gasteiger partial charge >= 0.3 is 0 Å². The molecule has 1 amide bonds. The van der Waals surface area contributed by atoms with Crippen molar-refractivity contribution in [2.45, 2.75) is 25.7 Å². The van der Waals surface area contributed by atoms with E-state index in [0.717, 1.165) is 19.3 Å². The number of amides is 1. The van der Waals surface area contributed by atoms with E-state index >= 15 is 0 Å². The van der Waals surface area contributed by atoms with Crippen LogP contribution in [0.5, 0.6) is 0 Å². The van der Waals surface area contributed by atoms with Gasteiger partial charge in [0.25, 0.3) is 0 Å². The van der Waals surface area contributed by atoms with Crippen molar-refractivity contribution in [2.75, 3.05) is 17.2 Å². The number of anilines is 2. The number of pyridine rings is 1. The summed E-state index contributed by atoms with van der Waals surface area (Å²) in [6, 6.07) is 10.4. The lowest BCUT2D eigenvalue weighted by atomic mass is 9.85. The number of halogens is 1. The van der Waals surface area contributed by atoms with E-state index in [1.807, 2.05) is 18.2 Å². The van der Waals surface area contributed by atoms with Crippen molar-refractivity contribution in [3.63, 3.8) is 0 Å². The van der Waals surface area contributed by atoms with Crippen molar-refractivity contribution in [2.24, 2.45) is 5.92 Å². The van der Waals surface area contributed by atoms with E-state index in [1.54, 1.807) is 18.3 Å². The Balaban J connectivity index is 1.47. The molecular weight excluding hydrogens is 293 g/mol. The summed E-state index contributed by atoms with van der Waals surface area (Å²) >= 11 is 0. The topological polar surface area (TPSA) is 54.0 Å². The van der Waals surface area contributed by atoms with Crippen LogP contribution in [0.3, 0.4) is 0 Å². The number of carbonyl (C=O) groups excluding carboxylic acids is 1. The van der Waals surface area contributed by atoms with Gasteiger partial charge < -0.3 is 10.6 Å². The Kier molecular flexibility index (Phi) is 4.86. The fraction of sp³-hybridized carbons (Fsp3) is 0.333. The van der Waals surface area contributed by atoms with Crippen LogP contribution in [0.15, 0.2) is 42.6 Å². The van der Waals surface area contributed by atoms with Gasteiger partial charge in [-0.3, -0.25) is 4.79 Å². The summed E-state index contributed by atoms with van der Waals surface area (Å²) in [5.74, 6) is 0.770. The normalized spacial score (nSPS) is 14.1. The van der Waals surface area contributed by atoms with Crippen LogP contribution in [-0.4, -0.2) is 17.4 Å². The maximum Gasteiger partial charge on any atom is 0.227 e. The van der Waals surface area contributed by atoms with Crippen molar-refractivity contribution >= 4 is 17.4 Å². The van der Waals surface area contributed by atoms with Gasteiger partial charge in [-0.05, 0) is 43.0 Å². The Hall–Kier alpha value is -2.43. The zero-order valence-corrected chi connectivity index (χ0v) is 12.9. The predicted octanol–water partition coefficient (Wildman–Crippen LogP) is 3.61. The van der Waals surface area contributed by atoms with Crippen LogP contribution in [0.2, 0.25) is 0 Å². The average Bonchev–Trinajstić information content (AvgIpc) is 2.49. The standard InChI is InChI=1S/C18H20FN3O/c19-16-7-2-1-4-13(16)10-11-20-17-9-8-15(12-21-17)22-18(23)14-5-3-6-14/h1-2,4,7-9,12,14H,3,5-6,10-11H2,(H,20,21)(H,22,23). The average molecular weight is 313 g/mol. The lowest BCUT2D eigenvalue weighted by molar-refractivity contribution is -0.122. The molecule has 1 aromatic carbocycles. The summed E-state index contributed by atoms with van der Waals surface area (Å²) in [5, 5.41) is 6.04. The monoisotopic (exact) mass is 313 g/mol. The molecule has 2 N–H and O–H groups in total. The second kappa shape index (κ2) is 7.22. The SMILES string of the molecule is O=C(Nc1ccc(NCCc2ccccc2F)nc1)C1CCC1. The number of hydrogen-bond donors (Lipinski definition) is 2. The Morgan fingerprint density at radius 3 is 2.70 bits per heavy atom. The third kappa shape index (κ3) is 4.06. The molecule has 1 heterocycles. The first-order valence-electron chi connectivity index (χ1n) is 7.96. The Morgan fingerprint density at radius 1 is 1.22 bits per heavy atom. The molecule has 0 unspecified atom stereocenters. The van der Waals surface area contributed by atoms with Gasteiger partial charge in [-0.2, -0.15) is 0 Å². The van der Waals surface area contributed by atoms with Crippen LogP contribution in [-0.2, 0) is 11.2 Å². The van der Waals surface area contributed by atoms with Gasteiger partial charge in [-0.1, -0.05) is 24.6 Å². The number of aromatic nitrogens is 1. The van der Waals surface area contributed by atoms with E-state index in [9.17, 15) is 9.18 Å².